The van der Waals surface area contributed by atoms with Crippen molar-refractivity contribution in [1.29, 1.82) is 0 Å². The molecule has 160 valence electrons. The summed E-state index contributed by atoms with van der Waals surface area (Å²) in [6.45, 7) is 2.11. The Morgan fingerprint density at radius 1 is 1.25 bits per heavy atom. The molecule has 0 unspecified atom stereocenters. The number of carboxylic acid groups (broad SMARTS) is 1. The van der Waals surface area contributed by atoms with E-state index in [9.17, 15) is 19.8 Å². The zero-order valence-corrected chi connectivity index (χ0v) is 17.7. The number of aliphatic carboxylic acids is 1. The van der Waals surface area contributed by atoms with E-state index < -0.39 is 24.1 Å². The number of aliphatic hydroxyl groups excluding tert-OH is 2. The first-order valence-corrected chi connectivity index (χ1v) is 11.1. The molecule has 0 saturated heterocycles. The van der Waals surface area contributed by atoms with E-state index in [1.54, 1.807) is 6.08 Å². The van der Waals surface area contributed by atoms with E-state index in [2.05, 4.69) is 6.92 Å². The third-order valence-electron chi connectivity index (χ3n) is 4.80. The summed E-state index contributed by atoms with van der Waals surface area (Å²) in [5.41, 5.74) is 0.501. The van der Waals surface area contributed by atoms with Crippen molar-refractivity contribution in [1.82, 2.24) is 0 Å². The molecule has 0 heterocycles. The van der Waals surface area contributed by atoms with Gasteiger partial charge in [-0.25, -0.2) is 4.79 Å². The first kappa shape index (κ1) is 24.7. The van der Waals surface area contributed by atoms with Gasteiger partial charge in [0.2, 0.25) is 0 Å². The number of hydrogen-bond acceptors (Lipinski definition) is 6. The molecular weight excluding hydrogens is 380 g/mol. The SMILES string of the molecule is CCCCC[C@H](O)/C=C/[C@@H]1C(SCCCCCC(=O)O)=C(C(=O)OC)C[C@H]1O. The number of carboxylic acids is 1. The Bertz CT molecular complexity index is 557. The number of carbonyl (C=O) groups is 2. The fourth-order valence-electron chi connectivity index (χ4n) is 3.20. The summed E-state index contributed by atoms with van der Waals surface area (Å²) in [5, 5.41) is 29.2. The minimum atomic E-state index is -0.787. The van der Waals surface area contributed by atoms with Gasteiger partial charge < -0.3 is 20.1 Å². The average Bonchev–Trinajstić information content (AvgIpc) is 2.97. The molecule has 28 heavy (non-hydrogen) atoms. The minimum Gasteiger partial charge on any atom is -0.481 e. The van der Waals surface area contributed by atoms with Gasteiger partial charge >= 0.3 is 11.9 Å². The number of unbranched alkanes of at least 4 members (excludes halogenated alkanes) is 4. The second-order valence-electron chi connectivity index (χ2n) is 7.13. The Balaban J connectivity index is 2.69. The molecule has 1 aliphatic rings. The predicted octanol–water partition coefficient (Wildman–Crippen LogP) is 3.67. The molecule has 0 fully saturated rings. The fourth-order valence-corrected chi connectivity index (χ4v) is 4.54. The molecule has 0 aliphatic heterocycles. The standard InChI is InChI=1S/C21H34O6S/c1-3-4-6-9-15(22)11-12-16-18(23)14-17(21(26)27-2)20(16)28-13-8-5-7-10-19(24)25/h11-12,15-16,18,22-23H,3-10,13-14H2,1-2H3,(H,24,25)/b12-11+/t15-,16-,18+/m0/s1. The highest BCUT2D eigenvalue weighted by molar-refractivity contribution is 8.03. The van der Waals surface area contributed by atoms with Crippen LogP contribution in [0.4, 0.5) is 0 Å². The van der Waals surface area contributed by atoms with Crippen LogP contribution in [0.15, 0.2) is 22.6 Å². The molecule has 3 N–H and O–H groups in total. The van der Waals surface area contributed by atoms with E-state index in [-0.39, 0.29) is 18.8 Å². The van der Waals surface area contributed by atoms with Crippen LogP contribution in [0.25, 0.3) is 0 Å². The Kier molecular flexibility index (Phi) is 12.2. The maximum atomic E-state index is 12.1. The summed E-state index contributed by atoms with van der Waals surface area (Å²) in [6.07, 6.45) is 8.77. The molecule has 0 amide bonds. The van der Waals surface area contributed by atoms with Crippen LogP contribution < -0.4 is 0 Å². The Hall–Kier alpha value is -1.31. The van der Waals surface area contributed by atoms with Gasteiger partial charge in [-0.15, -0.1) is 11.8 Å². The normalized spacial score (nSPS) is 20.7. The fraction of sp³-hybridized carbons (Fsp3) is 0.714. The number of hydrogen-bond donors (Lipinski definition) is 3. The maximum Gasteiger partial charge on any atom is 0.334 e. The number of thioether (sulfide) groups is 1. The third kappa shape index (κ3) is 8.80. The van der Waals surface area contributed by atoms with Crippen molar-refractivity contribution >= 4 is 23.7 Å². The number of carbonyl (C=O) groups excluding carboxylic acids is 1. The van der Waals surface area contributed by atoms with Gasteiger partial charge in [-0.05, 0) is 25.0 Å². The highest BCUT2D eigenvalue weighted by Gasteiger charge is 2.35. The molecule has 0 radical (unpaired) electrons. The molecule has 0 aromatic rings. The lowest BCUT2D eigenvalue weighted by Crippen LogP contribution is -2.14. The van der Waals surface area contributed by atoms with Gasteiger partial charge in [0.15, 0.2) is 0 Å². The molecule has 1 rings (SSSR count). The van der Waals surface area contributed by atoms with E-state index >= 15 is 0 Å². The van der Waals surface area contributed by atoms with Crippen molar-refractivity contribution in [3.63, 3.8) is 0 Å². The van der Waals surface area contributed by atoms with Gasteiger partial charge in [-0.3, -0.25) is 4.79 Å². The van der Waals surface area contributed by atoms with Crippen LogP contribution in [-0.4, -0.2) is 52.3 Å². The Labute approximate surface area is 172 Å². The van der Waals surface area contributed by atoms with Crippen LogP contribution in [0.1, 0.15) is 64.7 Å². The lowest BCUT2D eigenvalue weighted by atomic mass is 10.0. The predicted molar refractivity (Wildman–Crippen MR) is 111 cm³/mol. The second-order valence-corrected chi connectivity index (χ2v) is 8.27. The quantitative estimate of drug-likeness (QED) is 0.226. The largest absolute Gasteiger partial charge is 0.481 e. The van der Waals surface area contributed by atoms with Crippen molar-refractivity contribution in [3.05, 3.63) is 22.6 Å². The summed E-state index contributed by atoms with van der Waals surface area (Å²) < 4.78 is 4.86. The molecule has 0 aromatic carbocycles. The summed E-state index contributed by atoms with van der Waals surface area (Å²) in [7, 11) is 1.33. The molecule has 0 bridgehead atoms. The van der Waals surface area contributed by atoms with Crippen molar-refractivity contribution in [3.8, 4) is 0 Å². The van der Waals surface area contributed by atoms with Crippen LogP contribution in [0, 0.1) is 5.92 Å². The molecule has 6 nitrogen and oxygen atoms in total. The van der Waals surface area contributed by atoms with E-state index in [1.165, 1.54) is 18.9 Å². The molecule has 3 atom stereocenters. The van der Waals surface area contributed by atoms with Crippen molar-refractivity contribution in [2.24, 2.45) is 5.92 Å². The summed E-state index contributed by atoms with van der Waals surface area (Å²) >= 11 is 1.52. The van der Waals surface area contributed by atoms with Crippen LogP contribution in [0.5, 0.6) is 0 Å². The van der Waals surface area contributed by atoms with Gasteiger partial charge in [-0.2, -0.15) is 0 Å². The number of rotatable bonds is 14. The van der Waals surface area contributed by atoms with Crippen LogP contribution in [0.2, 0.25) is 0 Å². The third-order valence-corrected chi connectivity index (χ3v) is 6.12. The molecule has 0 aromatic heterocycles. The van der Waals surface area contributed by atoms with Crippen molar-refractivity contribution in [2.75, 3.05) is 12.9 Å². The Morgan fingerprint density at radius 3 is 2.64 bits per heavy atom. The van der Waals surface area contributed by atoms with Crippen LogP contribution in [0.3, 0.4) is 0 Å². The van der Waals surface area contributed by atoms with Gasteiger partial charge in [0.05, 0.1) is 19.3 Å². The average molecular weight is 415 g/mol. The summed E-state index contributed by atoms with van der Waals surface area (Å²) in [6, 6.07) is 0. The first-order chi connectivity index (χ1) is 13.4. The lowest BCUT2D eigenvalue weighted by molar-refractivity contribution is -0.137. The van der Waals surface area contributed by atoms with E-state index in [1.807, 2.05) is 6.08 Å². The maximum absolute atomic E-state index is 12.1. The highest BCUT2D eigenvalue weighted by atomic mass is 32.2. The summed E-state index contributed by atoms with van der Waals surface area (Å²) in [4.78, 5) is 23.5. The van der Waals surface area contributed by atoms with Gasteiger partial charge in [0.25, 0.3) is 0 Å². The van der Waals surface area contributed by atoms with Crippen LogP contribution >= 0.6 is 11.8 Å². The summed E-state index contributed by atoms with van der Waals surface area (Å²) in [5.74, 6) is -0.790. The molecule has 1 aliphatic carbocycles. The highest BCUT2D eigenvalue weighted by Crippen LogP contribution is 2.41. The van der Waals surface area contributed by atoms with Gasteiger partial charge in [0, 0.05) is 29.2 Å². The number of esters is 1. The monoisotopic (exact) mass is 414 g/mol. The van der Waals surface area contributed by atoms with Crippen molar-refractivity contribution < 1.29 is 29.6 Å². The molecule has 0 saturated carbocycles. The Morgan fingerprint density at radius 2 is 2.00 bits per heavy atom. The minimum absolute atomic E-state index is 0.167. The molecule has 7 heteroatoms. The van der Waals surface area contributed by atoms with Crippen LogP contribution in [-0.2, 0) is 14.3 Å². The topological polar surface area (TPSA) is 104 Å². The van der Waals surface area contributed by atoms with E-state index in [0.717, 1.165) is 42.8 Å². The van der Waals surface area contributed by atoms with E-state index in [4.69, 9.17) is 9.84 Å². The van der Waals surface area contributed by atoms with Gasteiger partial charge in [-0.1, -0.05) is 44.8 Å². The second kappa shape index (κ2) is 13.8. The number of ether oxygens (including phenoxy) is 1. The van der Waals surface area contributed by atoms with Gasteiger partial charge in [0.1, 0.15) is 0 Å². The van der Waals surface area contributed by atoms with E-state index in [0.29, 0.717) is 18.4 Å². The number of methoxy groups -OCH3 is 1. The first-order valence-electron chi connectivity index (χ1n) is 10.1. The zero-order chi connectivity index (χ0) is 20.9. The lowest BCUT2D eigenvalue weighted by Gasteiger charge is -2.15. The zero-order valence-electron chi connectivity index (χ0n) is 16.9. The smallest absolute Gasteiger partial charge is 0.334 e. The number of aliphatic hydroxyl groups is 2. The van der Waals surface area contributed by atoms with Crippen molar-refractivity contribution in [2.45, 2.75) is 76.9 Å². The molecular formula is C21H34O6S. The molecule has 0 spiro atoms.